The summed E-state index contributed by atoms with van der Waals surface area (Å²) in [6, 6.07) is 1.93. The molecule has 1 saturated carbocycles. The van der Waals surface area contributed by atoms with Crippen molar-refractivity contribution < 1.29 is 5.11 Å². The largest absolute Gasteiger partial charge is 0.507 e. The van der Waals surface area contributed by atoms with Crippen molar-refractivity contribution in [3.63, 3.8) is 0 Å². The summed E-state index contributed by atoms with van der Waals surface area (Å²) in [5, 5.41) is 12.6. The van der Waals surface area contributed by atoms with Gasteiger partial charge in [-0.1, -0.05) is 0 Å². The van der Waals surface area contributed by atoms with Crippen LogP contribution in [0.15, 0.2) is 6.07 Å². The van der Waals surface area contributed by atoms with Crippen molar-refractivity contribution in [2.24, 2.45) is 0 Å². The molecule has 0 radical (unpaired) electrons. The Morgan fingerprint density at radius 1 is 1.67 bits per heavy atom. The minimum Gasteiger partial charge on any atom is -0.507 e. The van der Waals surface area contributed by atoms with Gasteiger partial charge in [-0.15, -0.1) is 11.3 Å². The second-order valence-corrected chi connectivity index (χ2v) is 4.43. The fourth-order valence-corrected chi connectivity index (χ4v) is 2.53. The predicted molar refractivity (Wildman–Crippen MR) is 50.7 cm³/mol. The average Bonchev–Trinajstić information content (AvgIpc) is 2.80. The molecule has 1 aliphatic carbocycles. The van der Waals surface area contributed by atoms with Crippen molar-refractivity contribution in [2.45, 2.75) is 25.3 Å². The predicted octanol–water partition coefficient (Wildman–Crippen LogP) is 2.05. The summed E-state index contributed by atoms with van der Waals surface area (Å²) in [6.07, 6.45) is 2.61. The molecule has 0 spiro atoms. The SMILES string of the molecule is CNCc1sc(C2CC2)cc1O. The molecule has 0 atom stereocenters. The minimum atomic E-state index is 0.469. The van der Waals surface area contributed by atoms with Crippen LogP contribution in [0.2, 0.25) is 0 Å². The highest BCUT2D eigenvalue weighted by molar-refractivity contribution is 7.12. The van der Waals surface area contributed by atoms with Gasteiger partial charge in [0.1, 0.15) is 5.75 Å². The third kappa shape index (κ3) is 1.47. The van der Waals surface area contributed by atoms with Gasteiger partial charge >= 0.3 is 0 Å². The highest BCUT2D eigenvalue weighted by atomic mass is 32.1. The summed E-state index contributed by atoms with van der Waals surface area (Å²) in [5.41, 5.74) is 0. The topological polar surface area (TPSA) is 32.3 Å². The molecule has 1 aliphatic rings. The lowest BCUT2D eigenvalue weighted by Crippen LogP contribution is -2.02. The van der Waals surface area contributed by atoms with Crippen LogP contribution < -0.4 is 5.32 Å². The van der Waals surface area contributed by atoms with Crippen LogP contribution in [-0.4, -0.2) is 12.2 Å². The number of aromatic hydroxyl groups is 1. The first kappa shape index (κ1) is 8.08. The molecule has 66 valence electrons. The summed E-state index contributed by atoms with van der Waals surface area (Å²) >= 11 is 1.74. The third-order valence-corrected chi connectivity index (χ3v) is 3.41. The highest BCUT2D eigenvalue weighted by Gasteiger charge is 2.26. The van der Waals surface area contributed by atoms with Crippen LogP contribution in [0.3, 0.4) is 0 Å². The average molecular weight is 183 g/mol. The second-order valence-electron chi connectivity index (χ2n) is 3.26. The molecule has 3 heteroatoms. The van der Waals surface area contributed by atoms with E-state index in [0.29, 0.717) is 5.75 Å². The Hall–Kier alpha value is -0.540. The maximum Gasteiger partial charge on any atom is 0.131 e. The number of thiophene rings is 1. The molecule has 0 unspecified atom stereocenters. The normalized spacial score (nSPS) is 16.8. The molecule has 2 rings (SSSR count). The monoisotopic (exact) mass is 183 g/mol. The Morgan fingerprint density at radius 2 is 2.42 bits per heavy atom. The lowest BCUT2D eigenvalue weighted by Gasteiger charge is -1.93. The Bertz CT molecular complexity index is 278. The van der Waals surface area contributed by atoms with Gasteiger partial charge in [0.05, 0.1) is 4.88 Å². The summed E-state index contributed by atoms with van der Waals surface area (Å²) < 4.78 is 0. The van der Waals surface area contributed by atoms with Gasteiger partial charge in [0.15, 0.2) is 0 Å². The molecule has 0 aromatic carbocycles. The molecule has 2 nitrogen and oxygen atoms in total. The maximum absolute atomic E-state index is 9.51. The Balaban J connectivity index is 2.18. The van der Waals surface area contributed by atoms with Gasteiger partial charge in [-0.3, -0.25) is 0 Å². The molecular formula is C9H13NOS. The number of rotatable bonds is 3. The van der Waals surface area contributed by atoms with Crippen LogP contribution in [-0.2, 0) is 6.54 Å². The Kier molecular flexibility index (Phi) is 2.07. The van der Waals surface area contributed by atoms with E-state index < -0.39 is 0 Å². The minimum absolute atomic E-state index is 0.469. The van der Waals surface area contributed by atoms with Gasteiger partial charge in [-0.05, 0) is 31.9 Å². The third-order valence-electron chi connectivity index (χ3n) is 2.12. The van der Waals surface area contributed by atoms with Crippen LogP contribution in [0, 0.1) is 0 Å². The van der Waals surface area contributed by atoms with Crippen LogP contribution in [0.5, 0.6) is 5.75 Å². The molecule has 2 N–H and O–H groups in total. The van der Waals surface area contributed by atoms with Crippen molar-refractivity contribution in [1.82, 2.24) is 5.32 Å². The number of nitrogens with one attached hydrogen (secondary N) is 1. The van der Waals surface area contributed by atoms with E-state index in [1.807, 2.05) is 13.1 Å². The van der Waals surface area contributed by atoms with Crippen LogP contribution in [0.25, 0.3) is 0 Å². The van der Waals surface area contributed by atoms with E-state index in [-0.39, 0.29) is 0 Å². The quantitative estimate of drug-likeness (QED) is 0.751. The molecule has 1 heterocycles. The smallest absolute Gasteiger partial charge is 0.131 e. The molecular weight excluding hydrogens is 170 g/mol. The van der Waals surface area contributed by atoms with E-state index in [9.17, 15) is 5.11 Å². The molecule has 0 saturated heterocycles. The Morgan fingerprint density at radius 3 is 3.00 bits per heavy atom. The van der Waals surface area contributed by atoms with Crippen molar-refractivity contribution in [1.29, 1.82) is 0 Å². The van der Waals surface area contributed by atoms with Crippen LogP contribution in [0.1, 0.15) is 28.5 Å². The Labute approximate surface area is 76.2 Å². The summed E-state index contributed by atoms with van der Waals surface area (Å²) in [6.45, 7) is 0.781. The van der Waals surface area contributed by atoms with E-state index in [4.69, 9.17) is 0 Å². The van der Waals surface area contributed by atoms with E-state index in [2.05, 4.69) is 5.32 Å². The number of hydrogen-bond acceptors (Lipinski definition) is 3. The maximum atomic E-state index is 9.51. The van der Waals surface area contributed by atoms with Crippen LogP contribution in [0.4, 0.5) is 0 Å². The number of hydrogen-bond donors (Lipinski definition) is 2. The fraction of sp³-hybridized carbons (Fsp3) is 0.556. The fourth-order valence-electron chi connectivity index (χ4n) is 1.30. The van der Waals surface area contributed by atoms with Gasteiger partial charge in [-0.2, -0.15) is 0 Å². The molecule has 0 bridgehead atoms. The van der Waals surface area contributed by atoms with E-state index in [0.717, 1.165) is 17.3 Å². The van der Waals surface area contributed by atoms with Crippen molar-refractivity contribution in [3.8, 4) is 5.75 Å². The lowest BCUT2D eigenvalue weighted by atomic mass is 10.3. The molecule has 0 aliphatic heterocycles. The van der Waals surface area contributed by atoms with Crippen molar-refractivity contribution in [2.75, 3.05) is 7.05 Å². The van der Waals surface area contributed by atoms with Gasteiger partial charge < -0.3 is 10.4 Å². The van der Waals surface area contributed by atoms with E-state index >= 15 is 0 Å². The van der Waals surface area contributed by atoms with Gasteiger partial charge in [0.25, 0.3) is 0 Å². The summed E-state index contributed by atoms with van der Waals surface area (Å²) in [5.74, 6) is 1.22. The molecule has 1 aromatic rings. The van der Waals surface area contributed by atoms with E-state index in [1.165, 1.54) is 17.7 Å². The zero-order valence-electron chi connectivity index (χ0n) is 7.13. The zero-order valence-corrected chi connectivity index (χ0v) is 7.95. The molecule has 12 heavy (non-hydrogen) atoms. The molecule has 1 aromatic heterocycles. The first-order chi connectivity index (χ1) is 5.81. The van der Waals surface area contributed by atoms with Crippen LogP contribution >= 0.6 is 11.3 Å². The molecule has 0 amide bonds. The summed E-state index contributed by atoms with van der Waals surface area (Å²) in [7, 11) is 1.90. The van der Waals surface area contributed by atoms with Gasteiger partial charge in [0, 0.05) is 11.4 Å². The van der Waals surface area contributed by atoms with E-state index in [1.54, 1.807) is 11.3 Å². The standard InChI is InChI=1S/C9H13NOS/c1-10-5-9-7(11)4-8(12-9)6-2-3-6/h4,6,10-11H,2-3,5H2,1H3. The lowest BCUT2D eigenvalue weighted by molar-refractivity contribution is 0.469. The van der Waals surface area contributed by atoms with Gasteiger partial charge in [-0.25, -0.2) is 0 Å². The highest BCUT2D eigenvalue weighted by Crippen LogP contribution is 2.45. The molecule has 1 fully saturated rings. The zero-order chi connectivity index (χ0) is 8.55. The second kappa shape index (κ2) is 3.07. The summed E-state index contributed by atoms with van der Waals surface area (Å²) in [4.78, 5) is 2.43. The van der Waals surface area contributed by atoms with Gasteiger partial charge in [0.2, 0.25) is 0 Å². The first-order valence-electron chi connectivity index (χ1n) is 4.27. The van der Waals surface area contributed by atoms with Crippen molar-refractivity contribution >= 4 is 11.3 Å². The first-order valence-corrected chi connectivity index (χ1v) is 5.09. The van der Waals surface area contributed by atoms with Crippen molar-refractivity contribution in [3.05, 3.63) is 15.8 Å².